The molecule has 5 heteroatoms. The number of imidazole rings is 1. The highest BCUT2D eigenvalue weighted by Crippen LogP contribution is 2.28. The highest BCUT2D eigenvalue weighted by molar-refractivity contribution is 6.16. The fraction of sp³-hybridized carbons (Fsp3) is 0.533. The lowest BCUT2D eigenvalue weighted by Crippen LogP contribution is -2.16. The first-order valence-corrected chi connectivity index (χ1v) is 7.38. The lowest BCUT2D eigenvalue weighted by molar-refractivity contribution is 0.151. The number of hydrogen-bond acceptors (Lipinski definition) is 3. The number of halogens is 1. The fourth-order valence-electron chi connectivity index (χ4n) is 2.56. The first-order chi connectivity index (χ1) is 9.74. The van der Waals surface area contributed by atoms with Crippen LogP contribution in [0.25, 0.3) is 11.0 Å². The number of alkyl halides is 1. The van der Waals surface area contributed by atoms with Gasteiger partial charge in [-0.3, -0.25) is 0 Å². The molecule has 0 aliphatic rings. The SMILES string of the molecule is CCCC(COC)n1c(CCl)nc2ccc(OC)cc21. The van der Waals surface area contributed by atoms with E-state index in [9.17, 15) is 0 Å². The monoisotopic (exact) mass is 296 g/mol. The summed E-state index contributed by atoms with van der Waals surface area (Å²) in [5.41, 5.74) is 1.99. The van der Waals surface area contributed by atoms with Crippen LogP contribution in [0.4, 0.5) is 0 Å². The molecule has 0 spiro atoms. The van der Waals surface area contributed by atoms with Gasteiger partial charge in [0.15, 0.2) is 0 Å². The third kappa shape index (κ3) is 2.91. The maximum atomic E-state index is 6.07. The Morgan fingerprint density at radius 2 is 2.15 bits per heavy atom. The molecule has 1 atom stereocenters. The average molecular weight is 297 g/mol. The van der Waals surface area contributed by atoms with Gasteiger partial charge in [0.25, 0.3) is 0 Å². The molecule has 110 valence electrons. The summed E-state index contributed by atoms with van der Waals surface area (Å²) in [5, 5.41) is 0. The van der Waals surface area contributed by atoms with Crippen molar-refractivity contribution in [3.05, 3.63) is 24.0 Å². The van der Waals surface area contributed by atoms with Crippen LogP contribution < -0.4 is 4.74 Å². The van der Waals surface area contributed by atoms with E-state index in [4.69, 9.17) is 21.1 Å². The van der Waals surface area contributed by atoms with Crippen LogP contribution in [0.3, 0.4) is 0 Å². The molecule has 1 unspecified atom stereocenters. The Morgan fingerprint density at radius 1 is 1.35 bits per heavy atom. The molecule has 0 aliphatic heterocycles. The van der Waals surface area contributed by atoms with Gasteiger partial charge in [0.2, 0.25) is 0 Å². The number of ether oxygens (including phenoxy) is 2. The van der Waals surface area contributed by atoms with Crippen molar-refractivity contribution >= 4 is 22.6 Å². The maximum absolute atomic E-state index is 6.07. The van der Waals surface area contributed by atoms with Crippen LogP contribution in [0.1, 0.15) is 31.6 Å². The topological polar surface area (TPSA) is 36.3 Å². The van der Waals surface area contributed by atoms with Gasteiger partial charge in [-0.1, -0.05) is 13.3 Å². The van der Waals surface area contributed by atoms with Gasteiger partial charge in [0.05, 0.1) is 36.7 Å². The Kier molecular flexibility index (Phi) is 5.26. The Hall–Kier alpha value is -1.26. The molecule has 0 radical (unpaired) electrons. The van der Waals surface area contributed by atoms with E-state index in [1.54, 1.807) is 14.2 Å². The van der Waals surface area contributed by atoms with E-state index in [2.05, 4.69) is 16.5 Å². The second-order valence-corrected chi connectivity index (χ2v) is 5.05. The maximum Gasteiger partial charge on any atom is 0.125 e. The second-order valence-electron chi connectivity index (χ2n) is 4.78. The summed E-state index contributed by atoms with van der Waals surface area (Å²) in [6.45, 7) is 2.82. The van der Waals surface area contributed by atoms with Crippen molar-refractivity contribution in [1.29, 1.82) is 0 Å². The van der Waals surface area contributed by atoms with Crippen LogP contribution in [-0.2, 0) is 10.6 Å². The van der Waals surface area contributed by atoms with Crippen molar-refractivity contribution < 1.29 is 9.47 Å². The van der Waals surface area contributed by atoms with Crippen molar-refractivity contribution in [3.63, 3.8) is 0 Å². The highest BCUT2D eigenvalue weighted by atomic mass is 35.5. The number of aromatic nitrogens is 2. The van der Waals surface area contributed by atoms with Crippen molar-refractivity contribution in [2.24, 2.45) is 0 Å². The quantitative estimate of drug-likeness (QED) is 0.730. The molecular formula is C15H21ClN2O2. The summed E-state index contributed by atoms with van der Waals surface area (Å²) >= 11 is 6.07. The van der Waals surface area contributed by atoms with Gasteiger partial charge in [-0.15, -0.1) is 11.6 Å². The third-order valence-electron chi connectivity index (χ3n) is 3.44. The number of hydrogen-bond donors (Lipinski definition) is 0. The van der Waals surface area contributed by atoms with E-state index in [0.717, 1.165) is 35.4 Å². The molecule has 0 amide bonds. The minimum Gasteiger partial charge on any atom is -0.497 e. The minimum absolute atomic E-state index is 0.246. The van der Waals surface area contributed by atoms with Crippen LogP contribution in [0.5, 0.6) is 5.75 Å². The summed E-state index contributed by atoms with van der Waals surface area (Å²) in [4.78, 5) is 4.61. The van der Waals surface area contributed by atoms with Crippen molar-refractivity contribution in [2.45, 2.75) is 31.7 Å². The molecule has 20 heavy (non-hydrogen) atoms. The van der Waals surface area contributed by atoms with Gasteiger partial charge in [-0.05, 0) is 18.6 Å². The Bertz CT molecular complexity index is 562. The van der Waals surface area contributed by atoms with E-state index in [1.165, 1.54) is 0 Å². The van der Waals surface area contributed by atoms with Crippen LogP contribution in [0, 0.1) is 0 Å². The molecule has 0 bridgehead atoms. The van der Waals surface area contributed by atoms with Gasteiger partial charge < -0.3 is 14.0 Å². The Labute approximate surface area is 124 Å². The smallest absolute Gasteiger partial charge is 0.125 e. The zero-order valence-electron chi connectivity index (χ0n) is 12.2. The zero-order chi connectivity index (χ0) is 14.5. The molecule has 0 N–H and O–H groups in total. The number of benzene rings is 1. The predicted molar refractivity (Wildman–Crippen MR) is 81.7 cm³/mol. The standard InChI is InChI=1S/C15H21ClN2O2/c1-4-5-11(10-19-2)18-14-8-12(20-3)6-7-13(14)17-15(18)9-16/h6-8,11H,4-5,9-10H2,1-3H3. The van der Waals surface area contributed by atoms with E-state index in [1.807, 2.05) is 18.2 Å². The molecule has 1 aromatic carbocycles. The Balaban J connectivity index is 2.56. The van der Waals surface area contributed by atoms with Crippen molar-refractivity contribution in [2.75, 3.05) is 20.8 Å². The van der Waals surface area contributed by atoms with Crippen molar-refractivity contribution in [1.82, 2.24) is 9.55 Å². The molecule has 0 aliphatic carbocycles. The van der Waals surface area contributed by atoms with E-state index in [0.29, 0.717) is 12.5 Å². The molecule has 0 saturated carbocycles. The highest BCUT2D eigenvalue weighted by Gasteiger charge is 2.18. The third-order valence-corrected chi connectivity index (χ3v) is 3.67. The lowest BCUT2D eigenvalue weighted by Gasteiger charge is -2.20. The summed E-state index contributed by atoms with van der Waals surface area (Å²) in [6, 6.07) is 6.15. The molecule has 4 nitrogen and oxygen atoms in total. The van der Waals surface area contributed by atoms with Gasteiger partial charge in [0.1, 0.15) is 11.6 Å². The molecule has 2 aromatic rings. The summed E-state index contributed by atoms with van der Waals surface area (Å²) in [5.74, 6) is 2.10. The fourth-order valence-corrected chi connectivity index (χ4v) is 2.75. The van der Waals surface area contributed by atoms with Crippen LogP contribution >= 0.6 is 11.6 Å². The number of rotatable bonds is 7. The average Bonchev–Trinajstić information content (AvgIpc) is 2.84. The van der Waals surface area contributed by atoms with Crippen LogP contribution in [0.2, 0.25) is 0 Å². The molecule has 2 rings (SSSR count). The predicted octanol–water partition coefficient (Wildman–Crippen LogP) is 3.77. The Morgan fingerprint density at radius 3 is 2.75 bits per heavy atom. The van der Waals surface area contributed by atoms with Gasteiger partial charge in [-0.2, -0.15) is 0 Å². The van der Waals surface area contributed by atoms with E-state index >= 15 is 0 Å². The van der Waals surface area contributed by atoms with E-state index < -0.39 is 0 Å². The second kappa shape index (κ2) is 6.95. The molecule has 1 aromatic heterocycles. The summed E-state index contributed by atoms with van der Waals surface area (Å²) in [7, 11) is 3.39. The van der Waals surface area contributed by atoms with E-state index in [-0.39, 0.29) is 6.04 Å². The molecule has 0 saturated heterocycles. The molecular weight excluding hydrogens is 276 g/mol. The van der Waals surface area contributed by atoms with Crippen LogP contribution in [-0.4, -0.2) is 30.4 Å². The van der Waals surface area contributed by atoms with Gasteiger partial charge in [-0.25, -0.2) is 4.98 Å². The van der Waals surface area contributed by atoms with Crippen molar-refractivity contribution in [3.8, 4) is 5.75 Å². The van der Waals surface area contributed by atoms with Gasteiger partial charge >= 0.3 is 0 Å². The first-order valence-electron chi connectivity index (χ1n) is 6.84. The minimum atomic E-state index is 0.246. The molecule has 0 fully saturated rings. The van der Waals surface area contributed by atoms with Crippen LogP contribution in [0.15, 0.2) is 18.2 Å². The normalized spacial score (nSPS) is 12.8. The zero-order valence-corrected chi connectivity index (χ0v) is 13.0. The molecule has 1 heterocycles. The lowest BCUT2D eigenvalue weighted by atomic mass is 10.1. The number of methoxy groups -OCH3 is 2. The summed E-state index contributed by atoms with van der Waals surface area (Å²) in [6.07, 6.45) is 2.11. The largest absolute Gasteiger partial charge is 0.497 e. The van der Waals surface area contributed by atoms with Gasteiger partial charge in [0, 0.05) is 13.2 Å². The number of fused-ring (bicyclic) bond motifs is 1. The summed E-state index contributed by atoms with van der Waals surface area (Å²) < 4.78 is 12.9. The first kappa shape index (κ1) is 15.1. The number of nitrogens with zero attached hydrogens (tertiary/aromatic N) is 2.